The summed E-state index contributed by atoms with van der Waals surface area (Å²) in [5.41, 5.74) is 7.38. The van der Waals surface area contributed by atoms with Gasteiger partial charge in [-0.2, -0.15) is 0 Å². The van der Waals surface area contributed by atoms with Gasteiger partial charge in [-0.3, -0.25) is 0 Å². The van der Waals surface area contributed by atoms with Crippen LogP contribution >= 0.6 is 0 Å². The van der Waals surface area contributed by atoms with Gasteiger partial charge < -0.3 is 15.5 Å². The van der Waals surface area contributed by atoms with Gasteiger partial charge in [0.15, 0.2) is 0 Å². The Morgan fingerprint density at radius 2 is 1.93 bits per heavy atom. The summed E-state index contributed by atoms with van der Waals surface area (Å²) in [7, 11) is 0. The largest absolute Gasteiger partial charge is 0.467 e. The minimum atomic E-state index is 0.691. The van der Waals surface area contributed by atoms with Gasteiger partial charge in [0.25, 0.3) is 0 Å². The molecule has 3 nitrogen and oxygen atoms in total. The van der Waals surface area contributed by atoms with E-state index in [1.807, 2.05) is 36.4 Å². The average molecular weight is 188 g/mol. The van der Waals surface area contributed by atoms with E-state index in [0.29, 0.717) is 6.54 Å². The summed E-state index contributed by atoms with van der Waals surface area (Å²) in [6.45, 7) is 0.691. The quantitative estimate of drug-likeness (QED) is 0.727. The van der Waals surface area contributed by atoms with Gasteiger partial charge in [0.2, 0.25) is 0 Å². The standard InChI is InChI=1S/C11H12N2O/c12-9-3-5-10(6-4-9)13-8-11-2-1-7-14-11/h1-7,13H,8,12H2. The van der Waals surface area contributed by atoms with E-state index >= 15 is 0 Å². The number of nitrogens with one attached hydrogen (secondary N) is 1. The van der Waals surface area contributed by atoms with Crippen molar-refractivity contribution in [3.05, 3.63) is 48.4 Å². The molecule has 1 aromatic carbocycles. The van der Waals surface area contributed by atoms with Crippen molar-refractivity contribution in [2.75, 3.05) is 11.1 Å². The first-order valence-electron chi connectivity index (χ1n) is 4.46. The smallest absolute Gasteiger partial charge is 0.122 e. The number of hydrogen-bond donors (Lipinski definition) is 2. The maximum atomic E-state index is 5.57. The molecule has 0 aliphatic heterocycles. The highest BCUT2D eigenvalue weighted by molar-refractivity contribution is 5.51. The summed E-state index contributed by atoms with van der Waals surface area (Å²) in [6, 6.07) is 11.4. The van der Waals surface area contributed by atoms with Gasteiger partial charge in [0.05, 0.1) is 12.8 Å². The summed E-state index contributed by atoms with van der Waals surface area (Å²) < 4.78 is 5.19. The van der Waals surface area contributed by atoms with Crippen LogP contribution in [0.15, 0.2) is 47.1 Å². The van der Waals surface area contributed by atoms with Crippen molar-refractivity contribution < 1.29 is 4.42 Å². The molecule has 0 amide bonds. The van der Waals surface area contributed by atoms with E-state index in [0.717, 1.165) is 17.1 Å². The number of nitrogen functional groups attached to an aromatic ring is 1. The molecular weight excluding hydrogens is 176 g/mol. The maximum absolute atomic E-state index is 5.57. The predicted octanol–water partition coefficient (Wildman–Crippen LogP) is 2.47. The van der Waals surface area contributed by atoms with Crippen LogP contribution in [-0.4, -0.2) is 0 Å². The van der Waals surface area contributed by atoms with Crippen LogP contribution < -0.4 is 11.1 Å². The molecule has 3 N–H and O–H groups in total. The van der Waals surface area contributed by atoms with E-state index in [1.54, 1.807) is 6.26 Å². The molecular formula is C11H12N2O. The minimum absolute atomic E-state index is 0.691. The Labute approximate surface area is 82.5 Å². The molecule has 0 radical (unpaired) electrons. The molecule has 0 unspecified atom stereocenters. The lowest BCUT2D eigenvalue weighted by molar-refractivity contribution is 0.518. The topological polar surface area (TPSA) is 51.2 Å². The van der Waals surface area contributed by atoms with Crippen molar-refractivity contribution in [1.82, 2.24) is 0 Å². The zero-order valence-corrected chi connectivity index (χ0v) is 7.73. The molecule has 14 heavy (non-hydrogen) atoms. The second-order valence-electron chi connectivity index (χ2n) is 3.05. The van der Waals surface area contributed by atoms with Crippen LogP contribution in [0.1, 0.15) is 5.76 Å². The van der Waals surface area contributed by atoms with Gasteiger partial charge in [-0.25, -0.2) is 0 Å². The fraction of sp³-hybridized carbons (Fsp3) is 0.0909. The number of benzene rings is 1. The maximum Gasteiger partial charge on any atom is 0.122 e. The van der Waals surface area contributed by atoms with Crippen molar-refractivity contribution in [1.29, 1.82) is 0 Å². The summed E-state index contributed by atoms with van der Waals surface area (Å²) in [5.74, 6) is 0.918. The second-order valence-corrected chi connectivity index (χ2v) is 3.05. The van der Waals surface area contributed by atoms with Crippen molar-refractivity contribution >= 4 is 11.4 Å². The van der Waals surface area contributed by atoms with Crippen LogP contribution in [-0.2, 0) is 6.54 Å². The van der Waals surface area contributed by atoms with Gasteiger partial charge in [-0.15, -0.1) is 0 Å². The van der Waals surface area contributed by atoms with Gasteiger partial charge in [-0.1, -0.05) is 0 Å². The molecule has 0 saturated heterocycles. The molecule has 0 aliphatic rings. The number of hydrogen-bond acceptors (Lipinski definition) is 3. The molecule has 0 saturated carbocycles. The molecule has 1 aromatic heterocycles. The Morgan fingerprint density at radius 3 is 2.57 bits per heavy atom. The third-order valence-electron chi connectivity index (χ3n) is 1.96. The molecule has 0 aliphatic carbocycles. The fourth-order valence-corrected chi connectivity index (χ4v) is 1.20. The molecule has 0 fully saturated rings. The van der Waals surface area contributed by atoms with Crippen LogP contribution in [0, 0.1) is 0 Å². The number of anilines is 2. The lowest BCUT2D eigenvalue weighted by Crippen LogP contribution is -1.97. The highest BCUT2D eigenvalue weighted by Crippen LogP contribution is 2.12. The highest BCUT2D eigenvalue weighted by Gasteiger charge is 1.95. The summed E-state index contributed by atoms with van der Waals surface area (Å²) in [5, 5.41) is 3.22. The van der Waals surface area contributed by atoms with E-state index in [9.17, 15) is 0 Å². The zero-order chi connectivity index (χ0) is 9.80. The first-order valence-corrected chi connectivity index (χ1v) is 4.46. The van der Waals surface area contributed by atoms with Gasteiger partial charge in [0.1, 0.15) is 5.76 Å². The van der Waals surface area contributed by atoms with Crippen LogP contribution in [0.3, 0.4) is 0 Å². The van der Waals surface area contributed by atoms with E-state index in [4.69, 9.17) is 10.2 Å². The Bertz CT molecular complexity index is 378. The van der Waals surface area contributed by atoms with E-state index < -0.39 is 0 Å². The minimum Gasteiger partial charge on any atom is -0.467 e. The molecule has 72 valence electrons. The Hall–Kier alpha value is -1.90. The van der Waals surface area contributed by atoms with Crippen LogP contribution in [0.2, 0.25) is 0 Å². The van der Waals surface area contributed by atoms with Crippen molar-refractivity contribution in [3.63, 3.8) is 0 Å². The second kappa shape index (κ2) is 3.87. The molecule has 0 spiro atoms. The van der Waals surface area contributed by atoms with Gasteiger partial charge in [-0.05, 0) is 36.4 Å². The van der Waals surface area contributed by atoms with Crippen LogP contribution in [0.5, 0.6) is 0 Å². The number of nitrogens with two attached hydrogens (primary N) is 1. The fourth-order valence-electron chi connectivity index (χ4n) is 1.20. The lowest BCUT2D eigenvalue weighted by atomic mass is 10.3. The van der Waals surface area contributed by atoms with E-state index in [-0.39, 0.29) is 0 Å². The Balaban J connectivity index is 1.95. The predicted molar refractivity (Wildman–Crippen MR) is 56.9 cm³/mol. The van der Waals surface area contributed by atoms with E-state index in [2.05, 4.69) is 5.32 Å². The molecule has 0 bridgehead atoms. The molecule has 3 heteroatoms. The normalized spacial score (nSPS) is 10.0. The average Bonchev–Trinajstić information content (AvgIpc) is 2.70. The summed E-state index contributed by atoms with van der Waals surface area (Å²) in [4.78, 5) is 0. The summed E-state index contributed by atoms with van der Waals surface area (Å²) >= 11 is 0. The number of furan rings is 1. The van der Waals surface area contributed by atoms with Gasteiger partial charge in [0, 0.05) is 11.4 Å². The number of rotatable bonds is 3. The summed E-state index contributed by atoms with van der Waals surface area (Å²) in [6.07, 6.45) is 1.67. The highest BCUT2D eigenvalue weighted by atomic mass is 16.3. The first kappa shape index (κ1) is 8.69. The SMILES string of the molecule is Nc1ccc(NCc2ccco2)cc1. The van der Waals surface area contributed by atoms with E-state index in [1.165, 1.54) is 0 Å². The zero-order valence-electron chi connectivity index (χ0n) is 7.73. The third-order valence-corrected chi connectivity index (χ3v) is 1.96. The lowest BCUT2D eigenvalue weighted by Gasteiger charge is -2.03. The molecule has 2 rings (SSSR count). The molecule has 2 aromatic rings. The third kappa shape index (κ3) is 2.07. The molecule has 0 atom stereocenters. The Morgan fingerprint density at radius 1 is 1.14 bits per heavy atom. The van der Waals surface area contributed by atoms with Crippen LogP contribution in [0.4, 0.5) is 11.4 Å². The monoisotopic (exact) mass is 188 g/mol. The van der Waals surface area contributed by atoms with Crippen molar-refractivity contribution in [2.45, 2.75) is 6.54 Å². The van der Waals surface area contributed by atoms with Crippen molar-refractivity contribution in [2.24, 2.45) is 0 Å². The van der Waals surface area contributed by atoms with Gasteiger partial charge >= 0.3 is 0 Å². The Kier molecular flexibility index (Phi) is 2.40. The van der Waals surface area contributed by atoms with Crippen LogP contribution in [0.25, 0.3) is 0 Å². The first-order chi connectivity index (χ1) is 6.84. The van der Waals surface area contributed by atoms with Crippen molar-refractivity contribution in [3.8, 4) is 0 Å². The molecule has 1 heterocycles.